The van der Waals surface area contributed by atoms with Gasteiger partial charge in [-0.15, -0.1) is 0 Å². The van der Waals surface area contributed by atoms with Crippen molar-refractivity contribution in [2.24, 2.45) is 5.92 Å². The van der Waals surface area contributed by atoms with E-state index in [-0.39, 0.29) is 30.0 Å². The molecule has 1 amide bonds. The Hall–Kier alpha value is -1.27. The van der Waals surface area contributed by atoms with Crippen LogP contribution in [0.1, 0.15) is 24.4 Å². The minimum atomic E-state index is -3.58. The van der Waals surface area contributed by atoms with Crippen LogP contribution in [0, 0.1) is 5.92 Å². The van der Waals surface area contributed by atoms with Gasteiger partial charge in [-0.05, 0) is 6.07 Å². The zero-order valence-electron chi connectivity index (χ0n) is 11.4. The van der Waals surface area contributed by atoms with Gasteiger partial charge in [0.25, 0.3) is 0 Å². The van der Waals surface area contributed by atoms with E-state index >= 15 is 0 Å². The first-order chi connectivity index (χ1) is 9.94. The van der Waals surface area contributed by atoms with E-state index in [1.165, 1.54) is 0 Å². The van der Waals surface area contributed by atoms with Crippen molar-refractivity contribution in [3.8, 4) is 5.75 Å². The topological polar surface area (TPSA) is 63.7 Å². The molecule has 1 fully saturated rings. The normalized spacial score (nSPS) is 25.6. The Labute approximate surface area is 128 Å². The quantitative estimate of drug-likeness (QED) is 0.795. The molecule has 0 saturated carbocycles. The molecule has 5 nitrogen and oxygen atoms in total. The molecule has 2 aliphatic heterocycles. The smallest absolute Gasteiger partial charge is 0.232 e. The number of likely N-dealkylation sites (tertiary alicyclic amines) is 1. The highest BCUT2D eigenvalue weighted by molar-refractivity contribution is 8.13. The SMILES string of the molecule is O=C1CC(CS(=O)(=O)Cl)CN1C1CCOc2ccccc21. The summed E-state index contributed by atoms with van der Waals surface area (Å²) in [6.45, 7) is 0.994. The molecule has 21 heavy (non-hydrogen) atoms. The molecule has 3 rings (SSSR count). The van der Waals surface area contributed by atoms with Crippen LogP contribution in [0.5, 0.6) is 5.75 Å². The number of hydrogen-bond acceptors (Lipinski definition) is 4. The number of para-hydroxylation sites is 1. The molecule has 1 aromatic rings. The number of halogens is 1. The van der Waals surface area contributed by atoms with Crippen molar-refractivity contribution in [3.05, 3.63) is 29.8 Å². The second-order valence-electron chi connectivity index (χ2n) is 5.51. The van der Waals surface area contributed by atoms with E-state index in [1.807, 2.05) is 24.3 Å². The maximum atomic E-state index is 12.2. The van der Waals surface area contributed by atoms with E-state index in [0.717, 1.165) is 17.7 Å². The number of carbonyl (C=O) groups excluding carboxylic acids is 1. The molecule has 2 unspecified atom stereocenters. The Kier molecular flexibility index (Phi) is 3.84. The van der Waals surface area contributed by atoms with Gasteiger partial charge in [0, 0.05) is 41.6 Å². The van der Waals surface area contributed by atoms with Crippen LogP contribution in [0.3, 0.4) is 0 Å². The summed E-state index contributed by atoms with van der Waals surface area (Å²) >= 11 is 0. The third kappa shape index (κ3) is 3.16. The van der Waals surface area contributed by atoms with Crippen molar-refractivity contribution < 1.29 is 17.9 Å². The van der Waals surface area contributed by atoms with Crippen LogP contribution in [-0.4, -0.2) is 38.1 Å². The lowest BCUT2D eigenvalue weighted by Gasteiger charge is -2.33. The first-order valence-electron chi connectivity index (χ1n) is 6.87. The highest BCUT2D eigenvalue weighted by Gasteiger charge is 2.38. The molecule has 0 spiro atoms. The maximum Gasteiger partial charge on any atom is 0.232 e. The van der Waals surface area contributed by atoms with Gasteiger partial charge >= 0.3 is 0 Å². The van der Waals surface area contributed by atoms with Crippen molar-refractivity contribution in [1.82, 2.24) is 4.90 Å². The average molecular weight is 330 g/mol. The second-order valence-corrected chi connectivity index (χ2v) is 8.33. The average Bonchev–Trinajstić information content (AvgIpc) is 2.76. The lowest BCUT2D eigenvalue weighted by Crippen LogP contribution is -2.34. The first kappa shape index (κ1) is 14.7. The summed E-state index contributed by atoms with van der Waals surface area (Å²) in [5, 5.41) is 0. The minimum Gasteiger partial charge on any atom is -0.493 e. The summed E-state index contributed by atoms with van der Waals surface area (Å²) < 4.78 is 28.0. The van der Waals surface area contributed by atoms with E-state index < -0.39 is 9.05 Å². The van der Waals surface area contributed by atoms with Crippen LogP contribution in [0.4, 0.5) is 0 Å². The van der Waals surface area contributed by atoms with Gasteiger partial charge in [-0.3, -0.25) is 4.79 Å². The summed E-state index contributed by atoms with van der Waals surface area (Å²) in [6.07, 6.45) is 0.967. The van der Waals surface area contributed by atoms with Gasteiger partial charge in [-0.25, -0.2) is 8.42 Å². The van der Waals surface area contributed by atoms with E-state index in [1.54, 1.807) is 4.90 Å². The number of benzene rings is 1. The first-order valence-corrected chi connectivity index (χ1v) is 9.35. The molecule has 1 aromatic carbocycles. The summed E-state index contributed by atoms with van der Waals surface area (Å²) in [7, 11) is 1.72. The molecule has 2 aliphatic rings. The molecular weight excluding hydrogens is 314 g/mol. The monoisotopic (exact) mass is 329 g/mol. The molecule has 0 aromatic heterocycles. The Morgan fingerprint density at radius 2 is 2.10 bits per heavy atom. The third-order valence-electron chi connectivity index (χ3n) is 3.98. The van der Waals surface area contributed by atoms with Gasteiger partial charge in [0.15, 0.2) is 0 Å². The number of ether oxygens (including phenoxy) is 1. The minimum absolute atomic E-state index is 0.0120. The fraction of sp³-hybridized carbons (Fsp3) is 0.500. The van der Waals surface area contributed by atoms with E-state index in [4.69, 9.17) is 15.4 Å². The van der Waals surface area contributed by atoms with Crippen LogP contribution in [-0.2, 0) is 13.8 Å². The second kappa shape index (κ2) is 5.50. The molecule has 0 radical (unpaired) electrons. The number of hydrogen-bond donors (Lipinski definition) is 0. The van der Waals surface area contributed by atoms with Gasteiger partial charge in [0.2, 0.25) is 15.0 Å². The van der Waals surface area contributed by atoms with Crippen LogP contribution in [0.15, 0.2) is 24.3 Å². The molecule has 7 heteroatoms. The van der Waals surface area contributed by atoms with Gasteiger partial charge in [0.1, 0.15) is 5.75 Å². The molecule has 0 N–H and O–H groups in total. The van der Waals surface area contributed by atoms with Crippen molar-refractivity contribution in [2.75, 3.05) is 18.9 Å². The van der Waals surface area contributed by atoms with Gasteiger partial charge in [0.05, 0.1) is 18.4 Å². The zero-order valence-corrected chi connectivity index (χ0v) is 12.9. The van der Waals surface area contributed by atoms with Gasteiger partial charge in [-0.1, -0.05) is 18.2 Å². The fourth-order valence-electron chi connectivity index (χ4n) is 3.15. The molecular formula is C14H16ClNO4S. The molecule has 2 atom stereocenters. The van der Waals surface area contributed by atoms with Crippen molar-refractivity contribution in [2.45, 2.75) is 18.9 Å². The summed E-state index contributed by atoms with van der Waals surface area (Å²) in [6, 6.07) is 7.63. The molecule has 114 valence electrons. The Balaban J connectivity index is 1.81. The standard InChI is InChI=1S/C14H16ClNO4S/c15-21(18,19)9-10-7-14(17)16(8-10)12-5-6-20-13-4-2-1-3-11(12)13/h1-4,10,12H,5-9H2. The molecule has 2 heterocycles. The van der Waals surface area contributed by atoms with Crippen molar-refractivity contribution in [1.29, 1.82) is 0 Å². The zero-order chi connectivity index (χ0) is 15.0. The van der Waals surface area contributed by atoms with Crippen LogP contribution in [0.2, 0.25) is 0 Å². The van der Waals surface area contributed by atoms with E-state index in [2.05, 4.69) is 0 Å². The number of fused-ring (bicyclic) bond motifs is 1. The predicted octanol–water partition coefficient (Wildman–Crippen LogP) is 1.93. The number of rotatable bonds is 3. The largest absolute Gasteiger partial charge is 0.493 e. The van der Waals surface area contributed by atoms with Gasteiger partial charge in [-0.2, -0.15) is 0 Å². The highest BCUT2D eigenvalue weighted by atomic mass is 35.7. The number of amides is 1. The Morgan fingerprint density at radius 3 is 2.86 bits per heavy atom. The third-order valence-corrected chi connectivity index (χ3v) is 5.22. The summed E-state index contributed by atoms with van der Waals surface area (Å²) in [4.78, 5) is 14.0. The van der Waals surface area contributed by atoms with Crippen LogP contribution in [0.25, 0.3) is 0 Å². The van der Waals surface area contributed by atoms with Gasteiger partial charge < -0.3 is 9.64 Å². The number of carbonyl (C=O) groups is 1. The lowest BCUT2D eigenvalue weighted by molar-refractivity contribution is -0.130. The maximum absolute atomic E-state index is 12.2. The Morgan fingerprint density at radius 1 is 1.33 bits per heavy atom. The fourth-order valence-corrected chi connectivity index (χ4v) is 4.47. The molecule has 1 saturated heterocycles. The van der Waals surface area contributed by atoms with Crippen molar-refractivity contribution >= 4 is 25.6 Å². The molecule has 0 aliphatic carbocycles. The summed E-state index contributed by atoms with van der Waals surface area (Å²) in [5.74, 6) is 0.411. The summed E-state index contributed by atoms with van der Waals surface area (Å²) in [5.41, 5.74) is 0.992. The van der Waals surface area contributed by atoms with E-state index in [0.29, 0.717) is 13.2 Å². The van der Waals surface area contributed by atoms with Crippen molar-refractivity contribution in [3.63, 3.8) is 0 Å². The molecule has 0 bridgehead atoms. The predicted molar refractivity (Wildman–Crippen MR) is 78.8 cm³/mol. The number of nitrogens with zero attached hydrogens (tertiary/aromatic N) is 1. The Bertz CT molecular complexity index is 661. The lowest BCUT2D eigenvalue weighted by atomic mass is 9.99. The van der Waals surface area contributed by atoms with Crippen LogP contribution < -0.4 is 4.74 Å². The van der Waals surface area contributed by atoms with E-state index in [9.17, 15) is 13.2 Å². The van der Waals surface area contributed by atoms with Crippen LogP contribution >= 0.6 is 10.7 Å². The highest BCUT2D eigenvalue weighted by Crippen LogP contribution is 2.38.